The zero-order valence-electron chi connectivity index (χ0n) is 16.2. The third kappa shape index (κ3) is 12.1. The molecule has 0 aliphatic carbocycles. The maximum absolute atomic E-state index is 12.4. The third-order valence-electron chi connectivity index (χ3n) is 2.81. The first-order valence-corrected chi connectivity index (χ1v) is 9.35. The van der Waals surface area contributed by atoms with Crippen LogP contribution in [-0.4, -0.2) is 78.6 Å². The molecule has 0 spiro atoms. The number of aliphatic hydroxyl groups is 1. The zero-order valence-corrected chi connectivity index (χ0v) is 17.0. The Balaban J connectivity index is 4.87. The Morgan fingerprint density at radius 3 is 2.22 bits per heavy atom. The number of hydrogen-bond donors (Lipinski definition) is 3. The fraction of sp³-hybridized carbons (Fsp3) is 0.750. The highest BCUT2D eigenvalue weighted by Crippen LogP contribution is 2.09. The molecule has 0 radical (unpaired) electrons. The van der Waals surface area contributed by atoms with Crippen LogP contribution in [0.5, 0.6) is 0 Å². The fourth-order valence-corrected chi connectivity index (χ4v) is 2.51. The summed E-state index contributed by atoms with van der Waals surface area (Å²) in [5.41, 5.74) is -0.757. The second kappa shape index (κ2) is 12.4. The number of methoxy groups -OCH3 is 1. The van der Waals surface area contributed by atoms with Gasteiger partial charge in [0.15, 0.2) is 6.04 Å². The van der Waals surface area contributed by atoms with Gasteiger partial charge in [0.05, 0.1) is 13.7 Å². The molecule has 0 aliphatic rings. The number of hydrogen-bond acceptors (Lipinski definition) is 9. The van der Waals surface area contributed by atoms with E-state index in [4.69, 9.17) is 9.47 Å². The lowest BCUT2D eigenvalue weighted by molar-refractivity contribution is -0.146. The van der Waals surface area contributed by atoms with Gasteiger partial charge in [-0.3, -0.25) is 9.59 Å². The van der Waals surface area contributed by atoms with Crippen LogP contribution >= 0.6 is 11.8 Å². The molecule has 2 amide bonds. The minimum Gasteiger partial charge on any atom is -0.467 e. The number of carbonyl (C=O) groups is 4. The largest absolute Gasteiger partial charge is 0.467 e. The van der Waals surface area contributed by atoms with E-state index in [9.17, 15) is 24.3 Å². The van der Waals surface area contributed by atoms with Crippen molar-refractivity contribution in [2.45, 2.75) is 45.4 Å². The Hall–Kier alpha value is -2.01. The van der Waals surface area contributed by atoms with Gasteiger partial charge < -0.3 is 30.0 Å². The zero-order chi connectivity index (χ0) is 21.0. The molecule has 2 unspecified atom stereocenters. The molecule has 0 fully saturated rings. The van der Waals surface area contributed by atoms with E-state index in [2.05, 4.69) is 15.4 Å². The van der Waals surface area contributed by atoms with Crippen molar-refractivity contribution in [3.05, 3.63) is 0 Å². The van der Waals surface area contributed by atoms with Gasteiger partial charge in [0.25, 0.3) is 0 Å². The SMILES string of the molecule is COC(=O)C(CO)NC(=O)C(CSCCOC(C)=O)NC(=O)OC(C)(C)C. The monoisotopic (exact) mass is 408 g/mol. The first kappa shape index (κ1) is 25.0. The molecule has 11 heteroatoms. The Labute approximate surface area is 162 Å². The lowest BCUT2D eigenvalue weighted by Crippen LogP contribution is -2.54. The van der Waals surface area contributed by atoms with Crippen LogP contribution in [0.2, 0.25) is 0 Å². The average Bonchev–Trinajstić information content (AvgIpc) is 2.55. The average molecular weight is 408 g/mol. The topological polar surface area (TPSA) is 140 Å². The van der Waals surface area contributed by atoms with Gasteiger partial charge in [-0.15, -0.1) is 0 Å². The van der Waals surface area contributed by atoms with Gasteiger partial charge in [-0.2, -0.15) is 11.8 Å². The summed E-state index contributed by atoms with van der Waals surface area (Å²) in [4.78, 5) is 46.6. The van der Waals surface area contributed by atoms with Gasteiger partial charge in [-0.05, 0) is 20.8 Å². The minimum absolute atomic E-state index is 0.131. The second-order valence-electron chi connectivity index (χ2n) is 6.38. The summed E-state index contributed by atoms with van der Waals surface area (Å²) in [6.45, 7) is 5.81. The Morgan fingerprint density at radius 2 is 1.74 bits per heavy atom. The first-order chi connectivity index (χ1) is 12.5. The maximum Gasteiger partial charge on any atom is 0.408 e. The van der Waals surface area contributed by atoms with E-state index in [0.29, 0.717) is 5.75 Å². The lowest BCUT2D eigenvalue weighted by atomic mass is 10.2. The van der Waals surface area contributed by atoms with Gasteiger partial charge >= 0.3 is 18.0 Å². The number of nitrogens with one attached hydrogen (secondary N) is 2. The van der Waals surface area contributed by atoms with Crippen molar-refractivity contribution >= 4 is 35.7 Å². The number of ether oxygens (including phenoxy) is 3. The van der Waals surface area contributed by atoms with Crippen LogP contribution in [-0.2, 0) is 28.6 Å². The van der Waals surface area contributed by atoms with Crippen molar-refractivity contribution in [2.75, 3.05) is 31.8 Å². The van der Waals surface area contributed by atoms with E-state index >= 15 is 0 Å². The number of rotatable bonds is 10. The molecule has 2 atom stereocenters. The Morgan fingerprint density at radius 1 is 1.11 bits per heavy atom. The van der Waals surface area contributed by atoms with Crippen LogP contribution in [0.15, 0.2) is 0 Å². The van der Waals surface area contributed by atoms with Crippen LogP contribution in [0.4, 0.5) is 4.79 Å². The molecule has 27 heavy (non-hydrogen) atoms. The summed E-state index contributed by atoms with van der Waals surface area (Å²) in [5, 5.41) is 13.9. The number of esters is 2. The summed E-state index contributed by atoms with van der Waals surface area (Å²) in [5.74, 6) is -1.39. The van der Waals surface area contributed by atoms with Crippen LogP contribution in [0, 0.1) is 0 Å². The molecule has 10 nitrogen and oxygen atoms in total. The third-order valence-corrected chi connectivity index (χ3v) is 3.83. The standard InChI is InChI=1S/C16H28N2O8S/c1-10(20)25-6-7-27-9-12(18-15(23)26-16(2,3)4)13(21)17-11(8-19)14(22)24-5/h11-12,19H,6-9H2,1-5H3,(H,17,21)(H,18,23). The van der Waals surface area contributed by atoms with Crippen molar-refractivity contribution in [3.8, 4) is 0 Å². The van der Waals surface area contributed by atoms with Crippen LogP contribution in [0.3, 0.4) is 0 Å². The smallest absolute Gasteiger partial charge is 0.408 e. The molecule has 156 valence electrons. The molecular weight excluding hydrogens is 380 g/mol. The van der Waals surface area contributed by atoms with Gasteiger partial charge in [-0.1, -0.05) is 0 Å². The van der Waals surface area contributed by atoms with Crippen molar-refractivity contribution < 1.29 is 38.5 Å². The summed E-state index contributed by atoms with van der Waals surface area (Å²) in [6.07, 6.45) is -0.804. The molecule has 0 aromatic rings. The Bertz CT molecular complexity index is 521. The molecule has 0 saturated heterocycles. The molecule has 0 aliphatic heterocycles. The van der Waals surface area contributed by atoms with E-state index in [0.717, 1.165) is 7.11 Å². The minimum atomic E-state index is -1.25. The summed E-state index contributed by atoms with van der Waals surface area (Å²) in [6, 6.07) is -2.29. The van der Waals surface area contributed by atoms with Gasteiger partial charge in [0.1, 0.15) is 18.2 Å². The molecule has 0 saturated carbocycles. The van der Waals surface area contributed by atoms with E-state index in [1.807, 2.05) is 0 Å². The maximum atomic E-state index is 12.4. The lowest BCUT2D eigenvalue weighted by Gasteiger charge is -2.24. The van der Waals surface area contributed by atoms with Crippen molar-refractivity contribution in [2.24, 2.45) is 0 Å². The number of amides is 2. The van der Waals surface area contributed by atoms with E-state index in [1.54, 1.807) is 20.8 Å². The molecule has 0 bridgehead atoms. The number of carbonyl (C=O) groups excluding carboxylic acids is 4. The molecule has 0 aromatic carbocycles. The highest BCUT2D eigenvalue weighted by atomic mass is 32.2. The van der Waals surface area contributed by atoms with Crippen LogP contribution in [0.25, 0.3) is 0 Å². The van der Waals surface area contributed by atoms with E-state index in [1.165, 1.54) is 18.7 Å². The van der Waals surface area contributed by atoms with Crippen LogP contribution in [0.1, 0.15) is 27.7 Å². The normalized spacial score (nSPS) is 13.1. The summed E-state index contributed by atoms with van der Waals surface area (Å²) >= 11 is 1.25. The molecule has 0 rings (SSSR count). The fourth-order valence-electron chi connectivity index (χ4n) is 1.67. The molecule has 0 heterocycles. The molecular formula is C16H28N2O8S. The van der Waals surface area contributed by atoms with E-state index < -0.39 is 48.2 Å². The summed E-state index contributed by atoms with van der Waals surface area (Å²) in [7, 11) is 1.12. The van der Waals surface area contributed by atoms with Crippen LogP contribution < -0.4 is 10.6 Å². The second-order valence-corrected chi connectivity index (χ2v) is 7.53. The number of aliphatic hydroxyl groups excluding tert-OH is 1. The highest BCUT2D eigenvalue weighted by Gasteiger charge is 2.28. The number of alkyl carbamates (subject to hydrolysis) is 1. The highest BCUT2D eigenvalue weighted by molar-refractivity contribution is 7.99. The van der Waals surface area contributed by atoms with Gasteiger partial charge in [0.2, 0.25) is 5.91 Å². The predicted octanol–water partition coefficient (Wildman–Crippen LogP) is -0.174. The van der Waals surface area contributed by atoms with E-state index in [-0.39, 0.29) is 12.4 Å². The van der Waals surface area contributed by atoms with Crippen molar-refractivity contribution in [3.63, 3.8) is 0 Å². The Kier molecular flexibility index (Phi) is 11.5. The predicted molar refractivity (Wildman–Crippen MR) is 98.1 cm³/mol. The number of thioether (sulfide) groups is 1. The van der Waals surface area contributed by atoms with Gasteiger partial charge in [0, 0.05) is 18.4 Å². The van der Waals surface area contributed by atoms with Gasteiger partial charge in [-0.25, -0.2) is 9.59 Å². The van der Waals surface area contributed by atoms with Crippen molar-refractivity contribution in [1.82, 2.24) is 10.6 Å². The van der Waals surface area contributed by atoms with Crippen molar-refractivity contribution in [1.29, 1.82) is 0 Å². The summed E-state index contributed by atoms with van der Waals surface area (Å²) < 4.78 is 14.4. The first-order valence-electron chi connectivity index (χ1n) is 8.19. The molecule has 0 aromatic heterocycles. The molecule has 3 N–H and O–H groups in total. The quantitative estimate of drug-likeness (QED) is 0.255.